The van der Waals surface area contributed by atoms with Crippen molar-refractivity contribution in [3.05, 3.63) is 34.9 Å². The summed E-state index contributed by atoms with van der Waals surface area (Å²) in [5.74, 6) is 0.168. The summed E-state index contributed by atoms with van der Waals surface area (Å²) in [5, 5.41) is 3.64. The molecule has 1 aromatic rings. The lowest BCUT2D eigenvalue weighted by Gasteiger charge is -2.25. The number of benzene rings is 1. The Morgan fingerprint density at radius 2 is 2.17 bits per heavy atom. The first-order valence-electron chi connectivity index (χ1n) is 6.43. The zero-order valence-electron chi connectivity index (χ0n) is 10.4. The third-order valence-corrected chi connectivity index (χ3v) is 3.87. The van der Waals surface area contributed by atoms with Gasteiger partial charge in [-0.05, 0) is 30.9 Å². The van der Waals surface area contributed by atoms with Crippen molar-refractivity contribution in [2.45, 2.75) is 38.3 Å². The van der Waals surface area contributed by atoms with Crippen LogP contribution < -0.4 is 11.1 Å². The number of halogens is 1. The van der Waals surface area contributed by atoms with E-state index in [2.05, 4.69) is 5.32 Å². The van der Waals surface area contributed by atoms with E-state index in [-0.39, 0.29) is 17.9 Å². The van der Waals surface area contributed by atoms with Gasteiger partial charge in [0.25, 0.3) is 0 Å². The zero-order valence-corrected chi connectivity index (χ0v) is 11.1. The minimum Gasteiger partial charge on any atom is -0.352 e. The van der Waals surface area contributed by atoms with E-state index in [1.54, 1.807) is 0 Å². The molecule has 0 heterocycles. The number of rotatable bonds is 3. The van der Waals surface area contributed by atoms with E-state index in [4.69, 9.17) is 17.3 Å². The molecule has 0 saturated heterocycles. The number of hydrogen-bond acceptors (Lipinski definition) is 2. The van der Waals surface area contributed by atoms with E-state index in [0.29, 0.717) is 11.6 Å². The van der Waals surface area contributed by atoms with E-state index < -0.39 is 0 Å². The maximum absolute atomic E-state index is 12.0. The molecule has 0 aromatic heterocycles. The molecule has 1 aromatic carbocycles. The van der Waals surface area contributed by atoms with Crippen LogP contribution in [0, 0.1) is 5.92 Å². The Morgan fingerprint density at radius 3 is 2.89 bits per heavy atom. The van der Waals surface area contributed by atoms with Crippen LogP contribution in [0.4, 0.5) is 0 Å². The van der Waals surface area contributed by atoms with Crippen molar-refractivity contribution in [2.75, 3.05) is 0 Å². The van der Waals surface area contributed by atoms with Gasteiger partial charge in [-0.25, -0.2) is 0 Å². The molecule has 1 saturated carbocycles. The standard InChI is InChI=1S/C14H19ClN2O/c15-13-7-2-1-4-11(13)9-17-14(18)10-5-3-6-12(16)8-10/h1-2,4,7,10,12H,3,5-6,8-9,16H2,(H,17,18). The first kappa shape index (κ1) is 13.4. The van der Waals surface area contributed by atoms with Crippen molar-refractivity contribution in [2.24, 2.45) is 11.7 Å². The van der Waals surface area contributed by atoms with Crippen molar-refractivity contribution < 1.29 is 4.79 Å². The second-order valence-corrected chi connectivity index (χ2v) is 5.34. The fourth-order valence-electron chi connectivity index (χ4n) is 2.43. The SMILES string of the molecule is NC1CCCC(C(=O)NCc2ccccc2Cl)C1. The van der Waals surface area contributed by atoms with Crippen molar-refractivity contribution in [1.29, 1.82) is 0 Å². The Labute approximate surface area is 113 Å². The monoisotopic (exact) mass is 266 g/mol. The quantitative estimate of drug-likeness (QED) is 0.883. The summed E-state index contributed by atoms with van der Waals surface area (Å²) in [5.41, 5.74) is 6.84. The van der Waals surface area contributed by atoms with Crippen LogP contribution in [-0.2, 0) is 11.3 Å². The fraction of sp³-hybridized carbons (Fsp3) is 0.500. The summed E-state index contributed by atoms with van der Waals surface area (Å²) >= 11 is 6.05. The molecule has 1 aliphatic carbocycles. The summed E-state index contributed by atoms with van der Waals surface area (Å²) in [4.78, 5) is 12.0. The highest BCUT2D eigenvalue weighted by atomic mass is 35.5. The molecule has 18 heavy (non-hydrogen) atoms. The molecule has 0 radical (unpaired) electrons. The predicted octanol–water partition coefficient (Wildman–Crippen LogP) is 2.47. The van der Waals surface area contributed by atoms with Gasteiger partial charge in [-0.15, -0.1) is 0 Å². The molecule has 0 bridgehead atoms. The van der Waals surface area contributed by atoms with E-state index >= 15 is 0 Å². The van der Waals surface area contributed by atoms with Gasteiger partial charge in [-0.2, -0.15) is 0 Å². The summed E-state index contributed by atoms with van der Waals surface area (Å²) in [7, 11) is 0. The van der Waals surface area contributed by atoms with Gasteiger partial charge < -0.3 is 11.1 Å². The highest BCUT2D eigenvalue weighted by molar-refractivity contribution is 6.31. The Morgan fingerprint density at radius 1 is 1.39 bits per heavy atom. The van der Waals surface area contributed by atoms with Crippen LogP contribution in [0.15, 0.2) is 24.3 Å². The predicted molar refractivity (Wildman–Crippen MR) is 73.2 cm³/mol. The van der Waals surface area contributed by atoms with Gasteiger partial charge in [0.1, 0.15) is 0 Å². The average molecular weight is 267 g/mol. The Bertz CT molecular complexity index is 422. The fourth-order valence-corrected chi connectivity index (χ4v) is 2.64. The Hall–Kier alpha value is -1.06. The lowest BCUT2D eigenvalue weighted by Crippen LogP contribution is -2.37. The van der Waals surface area contributed by atoms with Crippen LogP contribution >= 0.6 is 11.6 Å². The molecule has 1 aliphatic rings. The number of nitrogens with two attached hydrogens (primary N) is 1. The number of nitrogens with one attached hydrogen (secondary N) is 1. The van der Waals surface area contributed by atoms with Crippen molar-refractivity contribution in [3.8, 4) is 0 Å². The molecule has 0 aliphatic heterocycles. The van der Waals surface area contributed by atoms with E-state index in [1.807, 2.05) is 24.3 Å². The molecule has 3 N–H and O–H groups in total. The maximum atomic E-state index is 12.0. The Kier molecular flexibility index (Phi) is 4.61. The molecule has 2 atom stereocenters. The van der Waals surface area contributed by atoms with Crippen LogP contribution in [0.5, 0.6) is 0 Å². The van der Waals surface area contributed by atoms with E-state index in [9.17, 15) is 4.79 Å². The smallest absolute Gasteiger partial charge is 0.223 e. The maximum Gasteiger partial charge on any atom is 0.223 e. The van der Waals surface area contributed by atoms with Crippen LogP contribution in [0.1, 0.15) is 31.2 Å². The zero-order chi connectivity index (χ0) is 13.0. The first-order chi connectivity index (χ1) is 8.66. The van der Waals surface area contributed by atoms with Crippen LogP contribution in [0.3, 0.4) is 0 Å². The minimum absolute atomic E-state index is 0.0660. The minimum atomic E-state index is 0.0660. The van der Waals surface area contributed by atoms with Crippen molar-refractivity contribution in [3.63, 3.8) is 0 Å². The molecule has 98 valence electrons. The molecule has 0 spiro atoms. The molecular weight excluding hydrogens is 248 g/mol. The number of carbonyl (C=O) groups excluding carboxylic acids is 1. The second-order valence-electron chi connectivity index (χ2n) is 4.93. The van der Waals surface area contributed by atoms with Crippen LogP contribution in [-0.4, -0.2) is 11.9 Å². The van der Waals surface area contributed by atoms with Gasteiger partial charge in [0.2, 0.25) is 5.91 Å². The van der Waals surface area contributed by atoms with E-state index in [0.717, 1.165) is 31.2 Å². The summed E-state index contributed by atoms with van der Waals surface area (Å²) in [6, 6.07) is 7.74. The van der Waals surface area contributed by atoms with Gasteiger partial charge in [0.05, 0.1) is 0 Å². The first-order valence-corrected chi connectivity index (χ1v) is 6.81. The number of amides is 1. The van der Waals surface area contributed by atoms with Crippen LogP contribution in [0.25, 0.3) is 0 Å². The summed E-state index contributed by atoms with van der Waals surface area (Å²) in [6.07, 6.45) is 3.83. The molecular formula is C14H19ClN2O. The van der Waals surface area contributed by atoms with E-state index in [1.165, 1.54) is 0 Å². The number of hydrogen-bond donors (Lipinski definition) is 2. The molecule has 2 rings (SSSR count). The van der Waals surface area contributed by atoms with Crippen molar-refractivity contribution >= 4 is 17.5 Å². The Balaban J connectivity index is 1.86. The third-order valence-electron chi connectivity index (χ3n) is 3.50. The summed E-state index contributed by atoms with van der Waals surface area (Å²) < 4.78 is 0. The lowest BCUT2D eigenvalue weighted by atomic mass is 9.85. The van der Waals surface area contributed by atoms with Gasteiger partial charge in [0.15, 0.2) is 0 Å². The lowest BCUT2D eigenvalue weighted by molar-refractivity contribution is -0.126. The highest BCUT2D eigenvalue weighted by Crippen LogP contribution is 2.23. The normalized spacial score (nSPS) is 23.7. The van der Waals surface area contributed by atoms with Crippen LogP contribution in [0.2, 0.25) is 5.02 Å². The van der Waals surface area contributed by atoms with Gasteiger partial charge in [0, 0.05) is 23.5 Å². The molecule has 2 unspecified atom stereocenters. The van der Waals surface area contributed by atoms with Gasteiger partial charge in [-0.1, -0.05) is 36.2 Å². The third kappa shape index (κ3) is 3.47. The highest BCUT2D eigenvalue weighted by Gasteiger charge is 2.24. The molecule has 1 fully saturated rings. The van der Waals surface area contributed by atoms with Gasteiger partial charge in [-0.3, -0.25) is 4.79 Å². The topological polar surface area (TPSA) is 55.1 Å². The molecule has 4 heteroatoms. The second kappa shape index (κ2) is 6.21. The molecule has 3 nitrogen and oxygen atoms in total. The van der Waals surface area contributed by atoms with Gasteiger partial charge >= 0.3 is 0 Å². The van der Waals surface area contributed by atoms with Crippen molar-refractivity contribution in [1.82, 2.24) is 5.32 Å². The number of carbonyl (C=O) groups is 1. The summed E-state index contributed by atoms with van der Waals surface area (Å²) in [6.45, 7) is 0.490. The molecule has 1 amide bonds. The average Bonchev–Trinajstić information content (AvgIpc) is 2.37. The largest absolute Gasteiger partial charge is 0.352 e.